The predicted molar refractivity (Wildman–Crippen MR) is 75.9 cm³/mol. The lowest BCUT2D eigenvalue weighted by atomic mass is 10.1. The molecule has 1 heterocycles. The van der Waals surface area contributed by atoms with Crippen molar-refractivity contribution < 1.29 is 4.79 Å². The Morgan fingerprint density at radius 3 is 2.89 bits per heavy atom. The van der Waals surface area contributed by atoms with Crippen LogP contribution < -0.4 is 5.32 Å². The molecule has 2 aromatic rings. The number of rotatable bonds is 4. The zero-order chi connectivity index (χ0) is 12.8. The lowest BCUT2D eigenvalue weighted by Gasteiger charge is -2.05. The van der Waals surface area contributed by atoms with E-state index in [4.69, 9.17) is 0 Å². The van der Waals surface area contributed by atoms with Gasteiger partial charge in [0.25, 0.3) is 5.91 Å². The minimum Gasteiger partial charge on any atom is -0.307 e. The maximum Gasteiger partial charge on any atom is 0.256 e. The van der Waals surface area contributed by atoms with E-state index in [-0.39, 0.29) is 5.91 Å². The van der Waals surface area contributed by atoms with Crippen molar-refractivity contribution >= 4 is 23.5 Å². The Labute approximate surface area is 111 Å². The smallest absolute Gasteiger partial charge is 0.256 e. The van der Waals surface area contributed by atoms with Crippen LogP contribution in [0, 0.1) is 0 Å². The highest BCUT2D eigenvalue weighted by Crippen LogP contribution is 2.12. The first-order valence-electron chi connectivity index (χ1n) is 5.60. The number of nitrogens with zero attached hydrogens (tertiary/aromatic N) is 1. The zero-order valence-corrected chi connectivity index (χ0v) is 10.9. The van der Waals surface area contributed by atoms with Crippen molar-refractivity contribution in [2.24, 2.45) is 0 Å². The number of aromatic nitrogens is 1. The lowest BCUT2D eigenvalue weighted by molar-refractivity contribution is 0.102. The molecule has 1 amide bonds. The van der Waals surface area contributed by atoms with E-state index in [1.54, 1.807) is 24.0 Å². The molecule has 1 aromatic heterocycles. The van der Waals surface area contributed by atoms with Gasteiger partial charge in [-0.25, -0.2) is 4.98 Å². The van der Waals surface area contributed by atoms with Crippen LogP contribution in [0.1, 0.15) is 15.9 Å². The predicted octanol–water partition coefficient (Wildman–Crippen LogP) is 3.20. The molecule has 1 N–H and O–H groups in total. The molecule has 1 aromatic carbocycles. The van der Waals surface area contributed by atoms with Crippen LogP contribution in [0.5, 0.6) is 0 Å². The molecule has 0 saturated heterocycles. The minimum absolute atomic E-state index is 0.128. The summed E-state index contributed by atoms with van der Waals surface area (Å²) in [5.41, 5.74) is 1.81. The van der Waals surface area contributed by atoms with E-state index in [0.717, 1.165) is 11.3 Å². The van der Waals surface area contributed by atoms with Crippen molar-refractivity contribution in [1.82, 2.24) is 4.98 Å². The summed E-state index contributed by atoms with van der Waals surface area (Å²) in [4.78, 5) is 16.1. The first-order chi connectivity index (χ1) is 8.79. The Bertz CT molecular complexity index is 528. The number of carbonyl (C=O) groups excluding carboxylic acids is 1. The molecular formula is C14H14N2OS. The Hall–Kier alpha value is -1.81. The van der Waals surface area contributed by atoms with Gasteiger partial charge in [0, 0.05) is 17.5 Å². The first-order valence-corrected chi connectivity index (χ1v) is 6.99. The monoisotopic (exact) mass is 258 g/mol. The second kappa shape index (κ2) is 6.21. The fraction of sp³-hybridized carbons (Fsp3) is 0.143. The standard InChI is InChI=1S/C14H14N2OS/c1-18-10-11-5-4-6-12(9-11)14(17)16-13-7-2-3-8-15-13/h2-9H,10H2,1H3,(H,15,16,17). The van der Waals surface area contributed by atoms with Crippen molar-refractivity contribution in [3.05, 3.63) is 59.8 Å². The van der Waals surface area contributed by atoms with Crippen molar-refractivity contribution in [3.8, 4) is 0 Å². The molecule has 0 atom stereocenters. The fourth-order valence-corrected chi connectivity index (χ4v) is 2.11. The van der Waals surface area contributed by atoms with E-state index in [1.165, 1.54) is 0 Å². The maximum atomic E-state index is 12.0. The van der Waals surface area contributed by atoms with Crippen LogP contribution in [0.2, 0.25) is 0 Å². The summed E-state index contributed by atoms with van der Waals surface area (Å²) in [5, 5.41) is 2.77. The van der Waals surface area contributed by atoms with Crippen LogP contribution in [0.15, 0.2) is 48.7 Å². The Kier molecular flexibility index (Phi) is 4.36. The molecule has 0 aliphatic carbocycles. The molecule has 3 nitrogen and oxygen atoms in total. The molecule has 0 spiro atoms. The molecule has 0 saturated carbocycles. The van der Waals surface area contributed by atoms with Gasteiger partial charge in [-0.15, -0.1) is 0 Å². The van der Waals surface area contributed by atoms with Gasteiger partial charge in [0.1, 0.15) is 5.82 Å². The molecule has 0 aliphatic heterocycles. The van der Waals surface area contributed by atoms with Crippen molar-refractivity contribution in [2.45, 2.75) is 5.75 Å². The van der Waals surface area contributed by atoms with E-state index in [1.807, 2.05) is 42.7 Å². The van der Waals surface area contributed by atoms with Crippen molar-refractivity contribution in [2.75, 3.05) is 11.6 Å². The second-order valence-electron chi connectivity index (χ2n) is 3.80. The second-order valence-corrected chi connectivity index (χ2v) is 4.67. The normalized spacial score (nSPS) is 10.1. The number of hydrogen-bond acceptors (Lipinski definition) is 3. The van der Waals surface area contributed by atoms with Gasteiger partial charge in [-0.2, -0.15) is 11.8 Å². The molecule has 2 rings (SSSR count). The van der Waals surface area contributed by atoms with Crippen molar-refractivity contribution in [3.63, 3.8) is 0 Å². The largest absolute Gasteiger partial charge is 0.307 e. The quantitative estimate of drug-likeness (QED) is 0.915. The Morgan fingerprint density at radius 1 is 1.28 bits per heavy atom. The van der Waals surface area contributed by atoms with Gasteiger partial charge < -0.3 is 5.32 Å². The van der Waals surface area contributed by atoms with E-state index < -0.39 is 0 Å². The molecular weight excluding hydrogens is 244 g/mol. The van der Waals surface area contributed by atoms with E-state index in [0.29, 0.717) is 11.4 Å². The van der Waals surface area contributed by atoms with Crippen LogP contribution in [0.3, 0.4) is 0 Å². The van der Waals surface area contributed by atoms with Crippen molar-refractivity contribution in [1.29, 1.82) is 0 Å². The zero-order valence-electron chi connectivity index (χ0n) is 10.1. The molecule has 0 bridgehead atoms. The maximum absolute atomic E-state index is 12.0. The topological polar surface area (TPSA) is 42.0 Å². The highest BCUT2D eigenvalue weighted by molar-refractivity contribution is 7.97. The number of amides is 1. The highest BCUT2D eigenvalue weighted by atomic mass is 32.2. The number of nitrogens with one attached hydrogen (secondary N) is 1. The fourth-order valence-electron chi connectivity index (χ4n) is 1.59. The van der Waals surface area contributed by atoms with Gasteiger partial charge in [-0.1, -0.05) is 18.2 Å². The average molecular weight is 258 g/mol. The van der Waals surface area contributed by atoms with Gasteiger partial charge in [-0.3, -0.25) is 4.79 Å². The van der Waals surface area contributed by atoms with Gasteiger partial charge in [-0.05, 0) is 36.1 Å². The minimum atomic E-state index is -0.128. The summed E-state index contributed by atoms with van der Waals surface area (Å²) in [6, 6.07) is 13.1. The third-order valence-electron chi connectivity index (χ3n) is 2.41. The van der Waals surface area contributed by atoms with Crippen LogP contribution >= 0.6 is 11.8 Å². The Balaban J connectivity index is 2.11. The number of thioether (sulfide) groups is 1. The summed E-state index contributed by atoms with van der Waals surface area (Å²) in [7, 11) is 0. The summed E-state index contributed by atoms with van der Waals surface area (Å²) >= 11 is 1.74. The average Bonchev–Trinajstić information content (AvgIpc) is 2.40. The van der Waals surface area contributed by atoms with Crippen LogP contribution in [0.4, 0.5) is 5.82 Å². The summed E-state index contributed by atoms with van der Waals surface area (Å²) in [5.74, 6) is 1.35. The van der Waals surface area contributed by atoms with Gasteiger partial charge in [0.05, 0.1) is 0 Å². The van der Waals surface area contributed by atoms with E-state index >= 15 is 0 Å². The van der Waals surface area contributed by atoms with Gasteiger partial charge >= 0.3 is 0 Å². The lowest BCUT2D eigenvalue weighted by Crippen LogP contribution is -2.12. The molecule has 0 fully saturated rings. The van der Waals surface area contributed by atoms with E-state index in [2.05, 4.69) is 10.3 Å². The van der Waals surface area contributed by atoms with Crippen LogP contribution in [0.25, 0.3) is 0 Å². The molecule has 0 radical (unpaired) electrons. The molecule has 4 heteroatoms. The third-order valence-corrected chi connectivity index (χ3v) is 3.03. The van der Waals surface area contributed by atoms with Crippen LogP contribution in [-0.4, -0.2) is 17.1 Å². The first kappa shape index (κ1) is 12.6. The molecule has 92 valence electrons. The molecule has 0 unspecified atom stereocenters. The number of pyridine rings is 1. The summed E-state index contributed by atoms with van der Waals surface area (Å²) < 4.78 is 0. The van der Waals surface area contributed by atoms with Gasteiger partial charge in [0.2, 0.25) is 0 Å². The SMILES string of the molecule is CSCc1cccc(C(=O)Nc2ccccn2)c1. The highest BCUT2D eigenvalue weighted by Gasteiger charge is 2.06. The number of benzene rings is 1. The number of hydrogen-bond donors (Lipinski definition) is 1. The summed E-state index contributed by atoms with van der Waals surface area (Å²) in [6.07, 6.45) is 3.69. The molecule has 0 aliphatic rings. The molecule has 18 heavy (non-hydrogen) atoms. The van der Waals surface area contributed by atoms with Crippen LogP contribution in [-0.2, 0) is 5.75 Å². The van der Waals surface area contributed by atoms with E-state index in [9.17, 15) is 4.79 Å². The summed E-state index contributed by atoms with van der Waals surface area (Å²) in [6.45, 7) is 0. The number of anilines is 1. The number of carbonyl (C=O) groups is 1. The van der Waals surface area contributed by atoms with Gasteiger partial charge in [0.15, 0.2) is 0 Å². The third kappa shape index (κ3) is 3.34. The Morgan fingerprint density at radius 2 is 2.17 bits per heavy atom.